The lowest BCUT2D eigenvalue weighted by Gasteiger charge is -2.11. The standard InChI is InChI=1S/C21H22ClN5O3/c1-13-10-26-17-18(23-20(26)25(13)12-16-7-4-8-30-16)24(2)21(29)27(19(17)28)11-14-5-3-6-15(22)9-14/h3,5-6,9-10,16H,4,7-8,11-12H2,1-2H3. The number of hydrogen-bond donors (Lipinski definition) is 0. The van der Waals surface area contributed by atoms with Gasteiger partial charge in [-0.1, -0.05) is 23.7 Å². The van der Waals surface area contributed by atoms with Gasteiger partial charge in [-0.15, -0.1) is 0 Å². The first-order chi connectivity index (χ1) is 14.4. The zero-order chi connectivity index (χ0) is 21.0. The number of imidazole rings is 2. The van der Waals surface area contributed by atoms with Crippen LogP contribution in [0.1, 0.15) is 24.1 Å². The minimum Gasteiger partial charge on any atom is -0.376 e. The Bertz CT molecular complexity index is 1390. The van der Waals surface area contributed by atoms with Crippen molar-refractivity contribution in [1.29, 1.82) is 0 Å². The average Bonchev–Trinajstić information content (AvgIpc) is 3.42. The van der Waals surface area contributed by atoms with E-state index in [-0.39, 0.29) is 18.2 Å². The van der Waals surface area contributed by atoms with Crippen LogP contribution in [0, 0.1) is 6.92 Å². The van der Waals surface area contributed by atoms with Gasteiger partial charge in [0.25, 0.3) is 5.56 Å². The van der Waals surface area contributed by atoms with Crippen molar-refractivity contribution in [3.8, 4) is 0 Å². The van der Waals surface area contributed by atoms with Gasteiger partial charge in [0.05, 0.1) is 19.2 Å². The third-order valence-electron chi connectivity index (χ3n) is 5.78. The molecule has 30 heavy (non-hydrogen) atoms. The predicted molar refractivity (Wildman–Crippen MR) is 114 cm³/mol. The largest absolute Gasteiger partial charge is 0.376 e. The molecule has 0 spiro atoms. The number of ether oxygens (including phenoxy) is 1. The second-order valence-corrected chi connectivity index (χ2v) is 8.27. The van der Waals surface area contributed by atoms with Crippen molar-refractivity contribution in [1.82, 2.24) is 23.1 Å². The summed E-state index contributed by atoms with van der Waals surface area (Å²) in [4.78, 5) is 31.0. The topological polar surface area (TPSA) is 75.5 Å². The second-order valence-electron chi connectivity index (χ2n) is 7.83. The molecule has 1 aliphatic rings. The van der Waals surface area contributed by atoms with Gasteiger partial charge in [-0.25, -0.2) is 4.79 Å². The summed E-state index contributed by atoms with van der Waals surface area (Å²) in [7, 11) is 1.64. The third kappa shape index (κ3) is 2.98. The van der Waals surface area contributed by atoms with Gasteiger partial charge in [0.2, 0.25) is 5.78 Å². The van der Waals surface area contributed by atoms with E-state index in [1.807, 2.05) is 19.2 Å². The van der Waals surface area contributed by atoms with Crippen molar-refractivity contribution in [2.45, 2.75) is 39.0 Å². The van der Waals surface area contributed by atoms with Crippen molar-refractivity contribution >= 4 is 28.5 Å². The molecule has 1 unspecified atom stereocenters. The summed E-state index contributed by atoms with van der Waals surface area (Å²) < 4.78 is 12.3. The summed E-state index contributed by atoms with van der Waals surface area (Å²) >= 11 is 6.07. The van der Waals surface area contributed by atoms with Gasteiger partial charge in [0, 0.05) is 30.6 Å². The van der Waals surface area contributed by atoms with E-state index in [2.05, 4.69) is 9.55 Å². The Balaban J connectivity index is 1.69. The van der Waals surface area contributed by atoms with Crippen LogP contribution in [0.2, 0.25) is 5.02 Å². The summed E-state index contributed by atoms with van der Waals surface area (Å²) in [5.74, 6) is 0.644. The van der Waals surface area contributed by atoms with Crippen LogP contribution in [0.5, 0.6) is 0 Å². The van der Waals surface area contributed by atoms with E-state index in [4.69, 9.17) is 16.3 Å². The Labute approximate surface area is 176 Å². The fourth-order valence-corrected chi connectivity index (χ4v) is 4.44. The normalized spacial score (nSPS) is 16.8. The Kier molecular flexibility index (Phi) is 4.56. The number of fused-ring (bicyclic) bond motifs is 3. The first kappa shape index (κ1) is 19.1. The highest BCUT2D eigenvalue weighted by molar-refractivity contribution is 6.30. The van der Waals surface area contributed by atoms with E-state index in [1.54, 1.807) is 29.6 Å². The molecule has 8 nitrogen and oxygen atoms in total. The maximum atomic E-state index is 13.4. The number of rotatable bonds is 4. The van der Waals surface area contributed by atoms with Crippen molar-refractivity contribution in [3.05, 3.63) is 67.6 Å². The molecule has 0 radical (unpaired) electrons. The number of halogens is 1. The van der Waals surface area contributed by atoms with Crippen LogP contribution in [-0.4, -0.2) is 35.8 Å². The maximum Gasteiger partial charge on any atom is 0.332 e. The lowest BCUT2D eigenvalue weighted by Crippen LogP contribution is -2.39. The predicted octanol–water partition coefficient (Wildman–Crippen LogP) is 2.34. The molecule has 4 aromatic rings. The molecular weight excluding hydrogens is 406 g/mol. The summed E-state index contributed by atoms with van der Waals surface area (Å²) in [5.41, 5.74) is 1.77. The van der Waals surface area contributed by atoms with Gasteiger partial charge >= 0.3 is 5.69 Å². The van der Waals surface area contributed by atoms with Crippen LogP contribution in [-0.2, 0) is 24.9 Å². The molecule has 3 aromatic heterocycles. The second kappa shape index (κ2) is 7.14. The molecule has 9 heteroatoms. The molecule has 1 saturated heterocycles. The molecule has 1 fully saturated rings. The van der Waals surface area contributed by atoms with E-state index < -0.39 is 5.69 Å². The van der Waals surface area contributed by atoms with Crippen molar-refractivity contribution in [2.75, 3.05) is 6.61 Å². The Hall–Kier alpha value is -2.84. The van der Waals surface area contributed by atoms with Crippen molar-refractivity contribution in [3.63, 3.8) is 0 Å². The Morgan fingerprint density at radius 2 is 2.10 bits per heavy atom. The molecule has 0 amide bonds. The summed E-state index contributed by atoms with van der Waals surface area (Å²) in [5, 5.41) is 0.562. The highest BCUT2D eigenvalue weighted by atomic mass is 35.5. The quantitative estimate of drug-likeness (QED) is 0.501. The van der Waals surface area contributed by atoms with Gasteiger partial charge in [-0.3, -0.25) is 18.3 Å². The molecule has 5 rings (SSSR count). The molecule has 1 aromatic carbocycles. The van der Waals surface area contributed by atoms with Crippen LogP contribution < -0.4 is 11.2 Å². The SMILES string of the molecule is Cc1cn2c3c(=O)n(Cc4cccc(Cl)c4)c(=O)n(C)c3nc2n1CC1CCCO1. The number of hydrogen-bond acceptors (Lipinski definition) is 4. The summed E-state index contributed by atoms with van der Waals surface area (Å²) in [6, 6.07) is 7.16. The number of aromatic nitrogens is 5. The van der Waals surface area contributed by atoms with Gasteiger partial charge in [0.1, 0.15) is 0 Å². The van der Waals surface area contributed by atoms with E-state index >= 15 is 0 Å². The maximum absolute atomic E-state index is 13.4. The van der Waals surface area contributed by atoms with Crippen LogP contribution in [0.3, 0.4) is 0 Å². The number of aryl methyl sites for hydroxylation is 2. The van der Waals surface area contributed by atoms with Crippen LogP contribution in [0.15, 0.2) is 40.1 Å². The Morgan fingerprint density at radius 3 is 2.83 bits per heavy atom. The summed E-state index contributed by atoms with van der Waals surface area (Å²) in [6.45, 7) is 3.59. The van der Waals surface area contributed by atoms with E-state index in [0.717, 1.165) is 30.7 Å². The van der Waals surface area contributed by atoms with Crippen LogP contribution >= 0.6 is 11.6 Å². The molecule has 4 heterocycles. The minimum absolute atomic E-state index is 0.142. The smallest absolute Gasteiger partial charge is 0.332 e. The van der Waals surface area contributed by atoms with E-state index in [1.165, 1.54) is 9.13 Å². The van der Waals surface area contributed by atoms with Gasteiger partial charge in [-0.05, 0) is 37.5 Å². The van der Waals surface area contributed by atoms with Gasteiger partial charge < -0.3 is 9.30 Å². The lowest BCUT2D eigenvalue weighted by atomic mass is 10.2. The number of nitrogens with zero attached hydrogens (tertiary/aromatic N) is 5. The fraction of sp³-hybridized carbons (Fsp3) is 0.381. The molecular formula is C21H22ClN5O3. The fourth-order valence-electron chi connectivity index (χ4n) is 4.23. The molecule has 1 aliphatic heterocycles. The first-order valence-electron chi connectivity index (χ1n) is 9.98. The van der Waals surface area contributed by atoms with Crippen molar-refractivity contribution < 1.29 is 4.74 Å². The van der Waals surface area contributed by atoms with Gasteiger partial charge in [-0.2, -0.15) is 4.98 Å². The van der Waals surface area contributed by atoms with Gasteiger partial charge in [0.15, 0.2) is 11.2 Å². The Morgan fingerprint density at radius 1 is 1.27 bits per heavy atom. The highest BCUT2D eigenvalue weighted by Crippen LogP contribution is 2.20. The molecule has 0 aliphatic carbocycles. The zero-order valence-corrected chi connectivity index (χ0v) is 17.6. The highest BCUT2D eigenvalue weighted by Gasteiger charge is 2.23. The monoisotopic (exact) mass is 427 g/mol. The van der Waals surface area contributed by atoms with Crippen LogP contribution in [0.4, 0.5) is 0 Å². The van der Waals surface area contributed by atoms with E-state index in [9.17, 15) is 9.59 Å². The van der Waals surface area contributed by atoms with Crippen LogP contribution in [0.25, 0.3) is 16.9 Å². The molecule has 0 N–H and O–H groups in total. The third-order valence-corrected chi connectivity index (χ3v) is 6.02. The van der Waals surface area contributed by atoms with Crippen molar-refractivity contribution in [2.24, 2.45) is 7.05 Å². The zero-order valence-electron chi connectivity index (χ0n) is 16.8. The molecule has 0 bridgehead atoms. The number of benzene rings is 1. The van der Waals surface area contributed by atoms with E-state index in [0.29, 0.717) is 28.5 Å². The molecule has 1 atom stereocenters. The summed E-state index contributed by atoms with van der Waals surface area (Å²) in [6.07, 6.45) is 4.10. The first-order valence-corrected chi connectivity index (χ1v) is 10.4. The minimum atomic E-state index is -0.407. The molecule has 156 valence electrons. The average molecular weight is 428 g/mol. The lowest BCUT2D eigenvalue weighted by molar-refractivity contribution is 0.0974. The molecule has 0 saturated carbocycles.